The van der Waals surface area contributed by atoms with Gasteiger partial charge in [0.2, 0.25) is 10.1 Å². The zero-order chi connectivity index (χ0) is 14.0. The minimum Gasteiger partial charge on any atom is -0.319 e. The molecule has 19 heavy (non-hydrogen) atoms. The highest BCUT2D eigenvalue weighted by Crippen LogP contribution is 2.35. The first-order valence-corrected chi connectivity index (χ1v) is 5.88. The second-order valence-corrected chi connectivity index (χ2v) is 4.56. The van der Waals surface area contributed by atoms with Gasteiger partial charge in [0, 0.05) is 12.7 Å². The first-order chi connectivity index (χ1) is 8.91. The third-order valence-corrected chi connectivity index (χ3v) is 3.35. The third-order valence-electron chi connectivity index (χ3n) is 2.31. The Morgan fingerprint density at radius 1 is 1.32 bits per heavy atom. The van der Waals surface area contributed by atoms with Crippen molar-refractivity contribution in [3.8, 4) is 6.07 Å². The molecule has 0 unspecified atom stereocenters. The van der Waals surface area contributed by atoms with Crippen LogP contribution in [0.3, 0.4) is 0 Å². The van der Waals surface area contributed by atoms with Crippen LogP contribution in [0.1, 0.15) is 10.6 Å². The van der Waals surface area contributed by atoms with Crippen LogP contribution in [0.15, 0.2) is 24.3 Å². The van der Waals surface area contributed by atoms with E-state index in [4.69, 9.17) is 5.26 Å². The molecule has 1 aromatic heterocycles. The summed E-state index contributed by atoms with van der Waals surface area (Å²) in [7, 11) is 1.57. The number of aromatic nitrogens is 2. The lowest BCUT2D eigenvalue weighted by Gasteiger charge is -2.14. The zero-order valence-electron chi connectivity index (χ0n) is 9.64. The highest BCUT2D eigenvalue weighted by atomic mass is 32.1. The molecule has 0 radical (unpaired) electrons. The number of rotatable bonds is 2. The largest absolute Gasteiger partial charge is 0.445 e. The van der Waals surface area contributed by atoms with Crippen molar-refractivity contribution in [1.82, 2.24) is 10.2 Å². The van der Waals surface area contributed by atoms with Crippen molar-refractivity contribution >= 4 is 22.2 Å². The van der Waals surface area contributed by atoms with E-state index in [1.54, 1.807) is 31.3 Å². The second-order valence-electron chi connectivity index (χ2n) is 3.61. The van der Waals surface area contributed by atoms with Gasteiger partial charge < -0.3 is 4.90 Å². The van der Waals surface area contributed by atoms with Crippen molar-refractivity contribution in [2.24, 2.45) is 0 Å². The topological polar surface area (TPSA) is 52.8 Å². The summed E-state index contributed by atoms with van der Waals surface area (Å²) in [5.41, 5.74) is 0.994. The number of hydrogen-bond acceptors (Lipinski definition) is 5. The van der Waals surface area contributed by atoms with E-state index in [0.717, 1.165) is 0 Å². The van der Waals surface area contributed by atoms with Crippen LogP contribution in [0.5, 0.6) is 0 Å². The van der Waals surface area contributed by atoms with E-state index in [-0.39, 0.29) is 5.13 Å². The number of alkyl halides is 3. The van der Waals surface area contributed by atoms with E-state index in [1.807, 2.05) is 6.07 Å². The minimum absolute atomic E-state index is 0.113. The number of halogens is 3. The normalized spacial score (nSPS) is 11.1. The number of hydrogen-bond donors (Lipinski definition) is 0. The molecule has 2 aromatic rings. The fraction of sp³-hybridized carbons (Fsp3) is 0.182. The van der Waals surface area contributed by atoms with E-state index in [0.29, 0.717) is 22.6 Å². The van der Waals surface area contributed by atoms with Gasteiger partial charge in [0.25, 0.3) is 0 Å². The van der Waals surface area contributed by atoms with E-state index in [9.17, 15) is 13.2 Å². The van der Waals surface area contributed by atoms with E-state index in [1.165, 1.54) is 4.90 Å². The van der Waals surface area contributed by atoms with E-state index in [2.05, 4.69) is 10.2 Å². The quantitative estimate of drug-likeness (QED) is 0.849. The van der Waals surface area contributed by atoms with Gasteiger partial charge in [-0.05, 0) is 18.2 Å². The molecule has 1 aromatic carbocycles. The minimum atomic E-state index is -4.49. The Kier molecular flexibility index (Phi) is 3.40. The lowest BCUT2D eigenvalue weighted by Crippen LogP contribution is -2.09. The first kappa shape index (κ1) is 13.3. The van der Waals surface area contributed by atoms with Crippen molar-refractivity contribution < 1.29 is 13.2 Å². The Bertz CT molecular complexity index is 629. The lowest BCUT2D eigenvalue weighted by atomic mass is 10.2. The molecule has 98 valence electrons. The van der Waals surface area contributed by atoms with Crippen LogP contribution in [-0.4, -0.2) is 17.2 Å². The first-order valence-electron chi connectivity index (χ1n) is 5.06. The molecule has 0 spiro atoms. The smallest absolute Gasteiger partial charge is 0.319 e. The molecule has 0 atom stereocenters. The summed E-state index contributed by atoms with van der Waals surface area (Å²) in [6.45, 7) is 0. The van der Waals surface area contributed by atoms with Crippen LogP contribution in [-0.2, 0) is 6.18 Å². The predicted octanol–water partition coefficient (Wildman–Crippen LogP) is 3.20. The molecular formula is C11H7F3N4S. The van der Waals surface area contributed by atoms with Gasteiger partial charge in [-0.3, -0.25) is 0 Å². The fourth-order valence-corrected chi connectivity index (χ4v) is 2.05. The van der Waals surface area contributed by atoms with Crippen LogP contribution in [0.25, 0.3) is 0 Å². The maximum Gasteiger partial charge on any atom is 0.445 e. The van der Waals surface area contributed by atoms with Crippen LogP contribution in [0.2, 0.25) is 0 Å². The van der Waals surface area contributed by atoms with Crippen molar-refractivity contribution in [3.05, 3.63) is 34.8 Å². The van der Waals surface area contributed by atoms with Gasteiger partial charge in [0.05, 0.1) is 11.6 Å². The summed E-state index contributed by atoms with van der Waals surface area (Å²) in [6, 6.07) is 8.46. The predicted molar refractivity (Wildman–Crippen MR) is 64.1 cm³/mol. The van der Waals surface area contributed by atoms with Crippen molar-refractivity contribution in [2.45, 2.75) is 6.18 Å². The Morgan fingerprint density at radius 3 is 2.63 bits per heavy atom. The lowest BCUT2D eigenvalue weighted by molar-refractivity contribution is -0.138. The molecule has 0 saturated carbocycles. The van der Waals surface area contributed by atoms with Gasteiger partial charge in [-0.2, -0.15) is 18.4 Å². The number of anilines is 2. The third kappa shape index (κ3) is 2.82. The standard InChI is InChI=1S/C11H7F3N4S/c1-18(8-4-2-3-7(5-8)6-15)10-17-16-9(19-10)11(12,13)14/h2-5H,1H3. The maximum atomic E-state index is 12.4. The SMILES string of the molecule is CN(c1cccc(C#N)c1)c1nnc(C(F)(F)F)s1. The van der Waals surface area contributed by atoms with Crippen molar-refractivity contribution in [2.75, 3.05) is 11.9 Å². The van der Waals surface area contributed by atoms with Crippen molar-refractivity contribution in [3.63, 3.8) is 0 Å². The number of nitriles is 1. The summed E-state index contributed by atoms with van der Waals surface area (Å²) in [5.74, 6) is 0. The highest BCUT2D eigenvalue weighted by Gasteiger charge is 2.36. The molecule has 0 aliphatic heterocycles. The Balaban J connectivity index is 2.31. The number of nitrogens with zero attached hydrogens (tertiary/aromatic N) is 4. The van der Waals surface area contributed by atoms with Crippen molar-refractivity contribution in [1.29, 1.82) is 5.26 Å². The van der Waals surface area contributed by atoms with Crippen LogP contribution in [0, 0.1) is 11.3 Å². The van der Waals surface area contributed by atoms with Crippen LogP contribution < -0.4 is 4.90 Å². The van der Waals surface area contributed by atoms with Crippen LogP contribution >= 0.6 is 11.3 Å². The molecule has 0 amide bonds. The molecule has 0 saturated heterocycles. The van der Waals surface area contributed by atoms with Crippen LogP contribution in [0.4, 0.5) is 24.0 Å². The molecule has 0 N–H and O–H groups in total. The molecule has 4 nitrogen and oxygen atoms in total. The van der Waals surface area contributed by atoms with Gasteiger partial charge in [-0.15, -0.1) is 10.2 Å². The molecule has 0 aliphatic rings. The van der Waals surface area contributed by atoms with Gasteiger partial charge in [-0.25, -0.2) is 0 Å². The molecule has 2 rings (SSSR count). The highest BCUT2D eigenvalue weighted by molar-refractivity contribution is 7.15. The Morgan fingerprint density at radius 2 is 2.05 bits per heavy atom. The number of benzene rings is 1. The average Bonchev–Trinajstić information content (AvgIpc) is 2.87. The van der Waals surface area contributed by atoms with Gasteiger partial charge in [-0.1, -0.05) is 17.4 Å². The maximum absolute atomic E-state index is 12.4. The summed E-state index contributed by atoms with van der Waals surface area (Å²) >= 11 is 0.452. The molecular weight excluding hydrogens is 277 g/mol. The molecule has 1 heterocycles. The monoisotopic (exact) mass is 284 g/mol. The zero-order valence-corrected chi connectivity index (χ0v) is 10.5. The van der Waals surface area contributed by atoms with E-state index < -0.39 is 11.2 Å². The molecule has 0 fully saturated rings. The molecule has 0 bridgehead atoms. The average molecular weight is 284 g/mol. The molecule has 8 heteroatoms. The summed E-state index contributed by atoms with van der Waals surface area (Å²) < 4.78 is 37.3. The fourth-order valence-electron chi connectivity index (χ4n) is 1.36. The second kappa shape index (κ2) is 4.85. The van der Waals surface area contributed by atoms with Gasteiger partial charge >= 0.3 is 6.18 Å². The van der Waals surface area contributed by atoms with Gasteiger partial charge in [0.15, 0.2) is 0 Å². The Labute approximate surface area is 110 Å². The summed E-state index contributed by atoms with van der Waals surface area (Å²) in [4.78, 5) is 1.45. The van der Waals surface area contributed by atoms with E-state index >= 15 is 0 Å². The Hall–Kier alpha value is -2.14. The van der Waals surface area contributed by atoms with Gasteiger partial charge in [0.1, 0.15) is 0 Å². The molecule has 0 aliphatic carbocycles. The summed E-state index contributed by atoms with van der Waals surface area (Å²) in [5, 5.41) is 14.5. The summed E-state index contributed by atoms with van der Waals surface area (Å²) in [6.07, 6.45) is -4.49.